The van der Waals surface area contributed by atoms with Crippen molar-refractivity contribution in [2.45, 2.75) is 32.3 Å². The molecule has 0 aromatic heterocycles. The fourth-order valence-electron chi connectivity index (χ4n) is 2.48. The van der Waals surface area contributed by atoms with Crippen molar-refractivity contribution in [3.05, 3.63) is 35.4 Å². The third kappa shape index (κ3) is 2.63. The van der Waals surface area contributed by atoms with Gasteiger partial charge in [0, 0.05) is 0 Å². The van der Waals surface area contributed by atoms with Crippen molar-refractivity contribution in [3.8, 4) is 0 Å². The van der Waals surface area contributed by atoms with E-state index in [2.05, 4.69) is 24.4 Å². The molecule has 0 spiro atoms. The average Bonchev–Trinajstić information content (AvgIpc) is 2.70. The number of rotatable bonds is 3. The molecule has 0 bridgehead atoms. The van der Waals surface area contributed by atoms with Crippen LogP contribution in [0.3, 0.4) is 0 Å². The number of nitrogens with one attached hydrogen (secondary N) is 1. The van der Waals surface area contributed by atoms with Gasteiger partial charge < -0.3 is 10.4 Å². The first-order valence-corrected chi connectivity index (χ1v) is 6.08. The van der Waals surface area contributed by atoms with E-state index in [1.54, 1.807) is 0 Å². The Hall–Kier alpha value is -0.860. The number of benzene rings is 1. The van der Waals surface area contributed by atoms with Crippen molar-refractivity contribution in [1.82, 2.24) is 5.32 Å². The summed E-state index contributed by atoms with van der Waals surface area (Å²) in [5, 5.41) is 13.9. The molecule has 0 radical (unpaired) electrons. The van der Waals surface area contributed by atoms with Gasteiger partial charge in [0.2, 0.25) is 0 Å². The summed E-state index contributed by atoms with van der Waals surface area (Å²) in [5.41, 5.74) is 1.58. The van der Waals surface area contributed by atoms with Crippen molar-refractivity contribution in [3.63, 3.8) is 0 Å². The molecule has 0 amide bonds. The first-order chi connectivity index (χ1) is 7.58. The van der Waals surface area contributed by atoms with Crippen molar-refractivity contribution in [2.24, 2.45) is 5.92 Å². The fourth-order valence-corrected chi connectivity index (χ4v) is 2.48. The van der Waals surface area contributed by atoms with Crippen molar-refractivity contribution < 1.29 is 5.11 Å². The Balaban J connectivity index is 2.07. The van der Waals surface area contributed by atoms with Gasteiger partial charge in [-0.05, 0) is 51.3 Å². The van der Waals surface area contributed by atoms with E-state index in [-0.39, 0.29) is 0 Å². The van der Waals surface area contributed by atoms with E-state index >= 15 is 0 Å². The molecule has 1 aromatic rings. The largest absolute Gasteiger partial charge is 0.385 e. The molecule has 2 unspecified atom stereocenters. The van der Waals surface area contributed by atoms with Crippen molar-refractivity contribution >= 4 is 0 Å². The zero-order chi connectivity index (χ0) is 11.6. The minimum absolute atomic E-state index is 0.608. The fraction of sp³-hybridized carbons (Fsp3) is 0.571. The minimum Gasteiger partial charge on any atom is -0.385 e. The van der Waals surface area contributed by atoms with E-state index in [4.69, 9.17) is 0 Å². The highest BCUT2D eigenvalue weighted by molar-refractivity contribution is 5.26. The predicted molar refractivity (Wildman–Crippen MR) is 66.3 cm³/mol. The maximum Gasteiger partial charge on any atom is 0.0871 e. The minimum atomic E-state index is -0.690. The van der Waals surface area contributed by atoms with Gasteiger partial charge in [-0.1, -0.05) is 29.8 Å². The number of aryl methyl sites for hydroxylation is 1. The van der Waals surface area contributed by atoms with E-state index in [1.165, 1.54) is 12.0 Å². The van der Waals surface area contributed by atoms with Crippen molar-refractivity contribution in [1.29, 1.82) is 0 Å². The molecule has 1 aliphatic heterocycles. The average molecular weight is 219 g/mol. The maximum atomic E-state index is 10.5. The lowest BCUT2D eigenvalue weighted by atomic mass is 9.85. The molecule has 16 heavy (non-hydrogen) atoms. The Morgan fingerprint density at radius 2 is 2.06 bits per heavy atom. The van der Waals surface area contributed by atoms with Gasteiger partial charge >= 0.3 is 0 Å². The van der Waals surface area contributed by atoms with Gasteiger partial charge in [-0.25, -0.2) is 0 Å². The molecule has 88 valence electrons. The number of hydrogen-bond acceptors (Lipinski definition) is 2. The molecule has 0 saturated carbocycles. The van der Waals surface area contributed by atoms with Gasteiger partial charge in [0.05, 0.1) is 5.60 Å². The highest BCUT2D eigenvalue weighted by Gasteiger charge is 2.28. The Labute approximate surface area is 97.7 Å². The summed E-state index contributed by atoms with van der Waals surface area (Å²) < 4.78 is 0. The molecule has 1 aliphatic rings. The second kappa shape index (κ2) is 4.56. The molecule has 2 heteroatoms. The van der Waals surface area contributed by atoms with E-state index in [1.807, 2.05) is 19.1 Å². The third-order valence-corrected chi connectivity index (χ3v) is 3.52. The smallest absolute Gasteiger partial charge is 0.0871 e. The Morgan fingerprint density at radius 3 is 2.62 bits per heavy atom. The van der Waals surface area contributed by atoms with Crippen LogP contribution in [0.25, 0.3) is 0 Å². The summed E-state index contributed by atoms with van der Waals surface area (Å²) in [4.78, 5) is 0. The lowest BCUT2D eigenvalue weighted by Gasteiger charge is -2.27. The first kappa shape index (κ1) is 11.6. The van der Waals surface area contributed by atoms with Crippen LogP contribution in [-0.4, -0.2) is 18.2 Å². The molecular formula is C14H21NO. The lowest BCUT2D eigenvalue weighted by Crippen LogP contribution is -2.26. The van der Waals surface area contributed by atoms with E-state index in [9.17, 15) is 5.11 Å². The molecule has 2 nitrogen and oxygen atoms in total. The van der Waals surface area contributed by atoms with Gasteiger partial charge in [-0.2, -0.15) is 0 Å². The molecule has 1 saturated heterocycles. The number of hydrogen-bond donors (Lipinski definition) is 2. The van der Waals surface area contributed by atoms with Crippen LogP contribution in [0.15, 0.2) is 24.3 Å². The Kier molecular flexibility index (Phi) is 3.31. The normalized spacial score (nSPS) is 24.3. The van der Waals surface area contributed by atoms with E-state index < -0.39 is 5.60 Å². The zero-order valence-electron chi connectivity index (χ0n) is 10.2. The maximum absolute atomic E-state index is 10.5. The van der Waals surface area contributed by atoms with E-state index in [0.29, 0.717) is 5.92 Å². The standard InChI is InChI=1S/C14H21NO/c1-11-3-5-13(6-4-11)14(2,16)9-12-7-8-15-10-12/h3-6,12,15-16H,7-10H2,1-2H3. The topological polar surface area (TPSA) is 32.3 Å². The van der Waals surface area contributed by atoms with Crippen LogP contribution in [0.2, 0.25) is 0 Å². The monoisotopic (exact) mass is 219 g/mol. The lowest BCUT2D eigenvalue weighted by molar-refractivity contribution is 0.0326. The van der Waals surface area contributed by atoms with Crippen LogP contribution in [0.5, 0.6) is 0 Å². The van der Waals surface area contributed by atoms with Gasteiger partial charge in [0.15, 0.2) is 0 Å². The van der Waals surface area contributed by atoms with Crippen LogP contribution in [0.4, 0.5) is 0 Å². The van der Waals surface area contributed by atoms with Crippen LogP contribution in [0, 0.1) is 12.8 Å². The van der Waals surface area contributed by atoms with Gasteiger partial charge in [-0.3, -0.25) is 0 Å². The highest BCUT2D eigenvalue weighted by atomic mass is 16.3. The summed E-state index contributed by atoms with van der Waals surface area (Å²) in [6, 6.07) is 8.21. The molecule has 2 N–H and O–H groups in total. The Morgan fingerprint density at radius 1 is 1.38 bits per heavy atom. The highest BCUT2D eigenvalue weighted by Crippen LogP contribution is 2.30. The first-order valence-electron chi connectivity index (χ1n) is 6.08. The summed E-state index contributed by atoms with van der Waals surface area (Å²) >= 11 is 0. The number of aliphatic hydroxyl groups is 1. The van der Waals surface area contributed by atoms with Crippen LogP contribution in [-0.2, 0) is 5.60 Å². The van der Waals surface area contributed by atoms with Crippen LogP contribution < -0.4 is 5.32 Å². The molecule has 1 fully saturated rings. The van der Waals surface area contributed by atoms with Crippen LogP contribution >= 0.6 is 0 Å². The van der Waals surface area contributed by atoms with Crippen LogP contribution in [0.1, 0.15) is 30.9 Å². The third-order valence-electron chi connectivity index (χ3n) is 3.52. The van der Waals surface area contributed by atoms with Gasteiger partial charge in [0.1, 0.15) is 0 Å². The Bertz CT molecular complexity index is 336. The molecular weight excluding hydrogens is 198 g/mol. The summed E-state index contributed by atoms with van der Waals surface area (Å²) in [7, 11) is 0. The van der Waals surface area contributed by atoms with E-state index in [0.717, 1.165) is 25.1 Å². The summed E-state index contributed by atoms with van der Waals surface area (Å²) in [6.07, 6.45) is 2.03. The molecule has 1 aromatic carbocycles. The van der Waals surface area contributed by atoms with Crippen molar-refractivity contribution in [2.75, 3.05) is 13.1 Å². The second-order valence-corrected chi connectivity index (χ2v) is 5.20. The second-order valence-electron chi connectivity index (χ2n) is 5.20. The van der Waals surface area contributed by atoms with Gasteiger partial charge in [0.25, 0.3) is 0 Å². The summed E-state index contributed by atoms with van der Waals surface area (Å²) in [6.45, 7) is 6.13. The SMILES string of the molecule is Cc1ccc(C(C)(O)CC2CCNC2)cc1. The molecule has 0 aliphatic carbocycles. The zero-order valence-corrected chi connectivity index (χ0v) is 10.2. The molecule has 2 rings (SSSR count). The molecule has 2 atom stereocenters. The summed E-state index contributed by atoms with van der Waals surface area (Å²) in [5.74, 6) is 0.608. The quantitative estimate of drug-likeness (QED) is 0.817. The predicted octanol–water partition coefficient (Wildman–Crippen LogP) is 2.20. The van der Waals surface area contributed by atoms with Gasteiger partial charge in [-0.15, -0.1) is 0 Å². The molecule has 1 heterocycles.